The Morgan fingerprint density at radius 3 is 1.75 bits per heavy atom. The Kier molecular flexibility index (Phi) is 3.06. The van der Waals surface area contributed by atoms with Gasteiger partial charge in [0.05, 0.1) is 17.7 Å². The van der Waals surface area contributed by atoms with Crippen LogP contribution < -0.4 is 0 Å². The maximum absolute atomic E-state index is 2.41. The largest absolute Gasteiger partial charge is 0.327 e. The first kappa shape index (κ1) is 13.2. The van der Waals surface area contributed by atoms with Crippen molar-refractivity contribution in [3.8, 4) is 0 Å². The molecule has 20 heavy (non-hydrogen) atoms. The number of para-hydroxylation sites is 2. The van der Waals surface area contributed by atoms with Crippen molar-refractivity contribution < 1.29 is 0 Å². The Bertz CT molecular complexity index is 694. The predicted octanol–water partition coefficient (Wildman–Crippen LogP) is 4.48. The minimum absolute atomic E-state index is 0.159. The van der Waals surface area contributed by atoms with Gasteiger partial charge >= 0.3 is 0 Å². The van der Waals surface area contributed by atoms with E-state index in [2.05, 4.69) is 85.8 Å². The highest BCUT2D eigenvalue weighted by Gasteiger charge is 2.19. The molecule has 0 fully saturated rings. The normalized spacial score (nSPS) is 12.7. The average molecular weight is 266 g/mol. The van der Waals surface area contributed by atoms with Crippen LogP contribution in [0.5, 0.6) is 0 Å². The summed E-state index contributed by atoms with van der Waals surface area (Å²) in [5.74, 6) is 0. The first-order valence-electron chi connectivity index (χ1n) is 7.16. The van der Waals surface area contributed by atoms with Crippen molar-refractivity contribution in [2.45, 2.75) is 33.0 Å². The van der Waals surface area contributed by atoms with Gasteiger partial charge in [0.2, 0.25) is 0 Å². The minimum Gasteiger partial charge on any atom is -0.327 e. The van der Waals surface area contributed by atoms with Crippen molar-refractivity contribution in [3.63, 3.8) is 0 Å². The van der Waals surface area contributed by atoms with Crippen LogP contribution in [-0.2, 0) is 6.67 Å². The topological polar surface area (TPSA) is 8.17 Å². The molecule has 0 unspecified atom stereocenters. The van der Waals surface area contributed by atoms with Crippen LogP contribution in [0, 0.1) is 0 Å². The van der Waals surface area contributed by atoms with Gasteiger partial charge in [-0.3, -0.25) is 4.90 Å². The highest BCUT2D eigenvalue weighted by Crippen LogP contribution is 2.29. The molecule has 0 radical (unpaired) electrons. The number of rotatable bonds is 2. The first-order valence-corrected chi connectivity index (χ1v) is 7.16. The molecule has 0 saturated heterocycles. The van der Waals surface area contributed by atoms with E-state index >= 15 is 0 Å². The smallest absolute Gasteiger partial charge is 0.0758 e. The van der Waals surface area contributed by atoms with Crippen molar-refractivity contribution in [1.29, 1.82) is 0 Å². The third kappa shape index (κ3) is 2.10. The summed E-state index contributed by atoms with van der Waals surface area (Å²) in [6.07, 6.45) is 0. The van der Waals surface area contributed by atoms with Crippen molar-refractivity contribution >= 4 is 21.8 Å². The van der Waals surface area contributed by atoms with Gasteiger partial charge in [-0.05, 0) is 40.0 Å². The molecule has 0 N–H and O–H groups in total. The van der Waals surface area contributed by atoms with Gasteiger partial charge < -0.3 is 4.57 Å². The van der Waals surface area contributed by atoms with Gasteiger partial charge in [-0.2, -0.15) is 0 Å². The van der Waals surface area contributed by atoms with Crippen LogP contribution in [0.15, 0.2) is 48.5 Å². The predicted molar refractivity (Wildman–Crippen MR) is 87.0 cm³/mol. The van der Waals surface area contributed by atoms with E-state index < -0.39 is 0 Å². The van der Waals surface area contributed by atoms with Crippen LogP contribution in [0.2, 0.25) is 0 Å². The molecule has 0 atom stereocenters. The highest BCUT2D eigenvalue weighted by atomic mass is 15.3. The Morgan fingerprint density at radius 1 is 0.850 bits per heavy atom. The lowest BCUT2D eigenvalue weighted by Crippen LogP contribution is -2.39. The summed E-state index contributed by atoms with van der Waals surface area (Å²) in [7, 11) is 2.18. The van der Waals surface area contributed by atoms with E-state index in [1.807, 2.05) is 0 Å². The second kappa shape index (κ2) is 4.64. The molecule has 2 nitrogen and oxygen atoms in total. The van der Waals surface area contributed by atoms with E-state index in [4.69, 9.17) is 0 Å². The van der Waals surface area contributed by atoms with Gasteiger partial charge in [0.25, 0.3) is 0 Å². The fraction of sp³-hybridized carbons (Fsp3) is 0.333. The molecule has 2 heteroatoms. The van der Waals surface area contributed by atoms with E-state index in [0.29, 0.717) is 0 Å². The quantitative estimate of drug-likeness (QED) is 0.664. The summed E-state index contributed by atoms with van der Waals surface area (Å²) >= 11 is 0. The molecular weight excluding hydrogens is 244 g/mol. The van der Waals surface area contributed by atoms with Gasteiger partial charge in [0.15, 0.2) is 0 Å². The average Bonchev–Trinajstić information content (AvgIpc) is 2.73. The Morgan fingerprint density at radius 2 is 1.30 bits per heavy atom. The summed E-state index contributed by atoms with van der Waals surface area (Å²) in [5.41, 5.74) is 2.78. The van der Waals surface area contributed by atoms with Crippen molar-refractivity contribution in [2.75, 3.05) is 7.05 Å². The summed E-state index contributed by atoms with van der Waals surface area (Å²) in [6, 6.07) is 17.3. The number of aromatic nitrogens is 1. The molecule has 2 aromatic carbocycles. The third-order valence-electron chi connectivity index (χ3n) is 4.18. The standard InChI is InChI=1S/C18H22N2/c1-18(2,3)19(4)13-20-16-11-7-5-9-14(16)15-10-6-8-12-17(15)20/h5-12H,13H2,1-4H3. The summed E-state index contributed by atoms with van der Waals surface area (Å²) in [4.78, 5) is 2.38. The molecule has 0 spiro atoms. The summed E-state index contributed by atoms with van der Waals surface area (Å²) in [5, 5.41) is 2.68. The van der Waals surface area contributed by atoms with Crippen molar-refractivity contribution in [3.05, 3.63) is 48.5 Å². The van der Waals surface area contributed by atoms with Crippen molar-refractivity contribution in [1.82, 2.24) is 9.47 Å². The Hall–Kier alpha value is -1.80. The zero-order valence-electron chi connectivity index (χ0n) is 12.7. The monoisotopic (exact) mass is 266 g/mol. The number of hydrogen-bond donors (Lipinski definition) is 0. The van der Waals surface area contributed by atoms with Crippen LogP contribution in [0.25, 0.3) is 21.8 Å². The minimum atomic E-state index is 0.159. The Balaban J connectivity index is 2.22. The van der Waals surface area contributed by atoms with Crippen molar-refractivity contribution in [2.24, 2.45) is 0 Å². The number of nitrogens with zero attached hydrogens (tertiary/aromatic N) is 2. The molecule has 0 aliphatic heterocycles. The van der Waals surface area contributed by atoms with Crippen LogP contribution in [0.3, 0.4) is 0 Å². The Labute approximate surface area is 120 Å². The second-order valence-corrected chi connectivity index (χ2v) is 6.47. The maximum Gasteiger partial charge on any atom is 0.0758 e. The maximum atomic E-state index is 2.41. The molecule has 1 heterocycles. The molecule has 104 valence electrons. The zero-order valence-corrected chi connectivity index (χ0v) is 12.7. The van der Waals surface area contributed by atoms with Gasteiger partial charge in [-0.25, -0.2) is 0 Å². The van der Waals surface area contributed by atoms with Gasteiger partial charge in [-0.1, -0.05) is 36.4 Å². The number of hydrogen-bond acceptors (Lipinski definition) is 1. The van der Waals surface area contributed by atoms with Gasteiger partial charge in [0, 0.05) is 16.3 Å². The zero-order chi connectivity index (χ0) is 14.3. The molecule has 0 amide bonds. The summed E-state index contributed by atoms with van der Waals surface area (Å²) in [6.45, 7) is 7.65. The molecule has 0 aliphatic carbocycles. The molecule has 3 aromatic rings. The fourth-order valence-corrected chi connectivity index (χ4v) is 2.58. The van der Waals surface area contributed by atoms with E-state index in [1.165, 1.54) is 21.8 Å². The third-order valence-corrected chi connectivity index (χ3v) is 4.18. The van der Waals surface area contributed by atoms with Gasteiger partial charge in [0.1, 0.15) is 0 Å². The van der Waals surface area contributed by atoms with E-state index in [0.717, 1.165) is 6.67 Å². The van der Waals surface area contributed by atoms with E-state index in [9.17, 15) is 0 Å². The lowest BCUT2D eigenvalue weighted by molar-refractivity contribution is 0.138. The first-order chi connectivity index (χ1) is 9.48. The molecule has 0 bridgehead atoms. The van der Waals surface area contributed by atoms with E-state index in [-0.39, 0.29) is 5.54 Å². The number of benzene rings is 2. The molecule has 1 aromatic heterocycles. The van der Waals surface area contributed by atoms with Crippen LogP contribution in [0.1, 0.15) is 20.8 Å². The molecule has 0 saturated carbocycles. The van der Waals surface area contributed by atoms with E-state index in [1.54, 1.807) is 0 Å². The van der Waals surface area contributed by atoms with Gasteiger partial charge in [-0.15, -0.1) is 0 Å². The second-order valence-electron chi connectivity index (χ2n) is 6.47. The lowest BCUT2D eigenvalue weighted by Gasteiger charge is -2.32. The van der Waals surface area contributed by atoms with Crippen LogP contribution in [-0.4, -0.2) is 22.1 Å². The molecular formula is C18H22N2. The number of fused-ring (bicyclic) bond motifs is 3. The summed E-state index contributed by atoms with van der Waals surface area (Å²) < 4.78 is 2.41. The highest BCUT2D eigenvalue weighted by molar-refractivity contribution is 6.07. The van der Waals surface area contributed by atoms with Crippen LogP contribution in [0.4, 0.5) is 0 Å². The SMILES string of the molecule is CN(Cn1c2ccccc2c2ccccc21)C(C)(C)C. The van der Waals surface area contributed by atoms with Crippen LogP contribution >= 0.6 is 0 Å². The lowest BCUT2D eigenvalue weighted by atomic mass is 10.1. The molecule has 3 rings (SSSR count). The fourth-order valence-electron chi connectivity index (χ4n) is 2.58. The molecule has 0 aliphatic rings.